The van der Waals surface area contributed by atoms with Gasteiger partial charge in [-0.25, -0.2) is 9.66 Å². The molecular weight excluding hydrogens is 302 g/mol. The SMILES string of the molecule is CCOc1cc(C=Nn2cnc3ccccc32)c2c(c1)CC(C)O2. The van der Waals surface area contributed by atoms with Crippen molar-refractivity contribution in [1.29, 1.82) is 0 Å². The summed E-state index contributed by atoms with van der Waals surface area (Å²) in [5.41, 5.74) is 4.00. The zero-order valence-corrected chi connectivity index (χ0v) is 13.8. The van der Waals surface area contributed by atoms with Crippen LogP contribution in [0.15, 0.2) is 47.8 Å². The largest absolute Gasteiger partial charge is 0.494 e. The smallest absolute Gasteiger partial charge is 0.132 e. The van der Waals surface area contributed by atoms with Crippen LogP contribution in [0, 0.1) is 0 Å². The summed E-state index contributed by atoms with van der Waals surface area (Å²) in [6, 6.07) is 12.0. The summed E-state index contributed by atoms with van der Waals surface area (Å²) in [6.45, 7) is 4.69. The van der Waals surface area contributed by atoms with Gasteiger partial charge in [0.1, 0.15) is 23.9 Å². The molecule has 0 aliphatic carbocycles. The maximum Gasteiger partial charge on any atom is 0.132 e. The van der Waals surface area contributed by atoms with Crippen LogP contribution in [0.25, 0.3) is 11.0 Å². The maximum absolute atomic E-state index is 5.96. The molecule has 1 unspecified atom stereocenters. The molecule has 0 bridgehead atoms. The highest BCUT2D eigenvalue weighted by molar-refractivity contribution is 5.86. The summed E-state index contributed by atoms with van der Waals surface area (Å²) < 4.78 is 13.4. The first-order valence-electron chi connectivity index (χ1n) is 8.17. The van der Waals surface area contributed by atoms with Gasteiger partial charge in [0.25, 0.3) is 0 Å². The van der Waals surface area contributed by atoms with Crippen molar-refractivity contribution in [2.75, 3.05) is 6.61 Å². The molecule has 1 atom stereocenters. The molecule has 2 aromatic carbocycles. The summed E-state index contributed by atoms with van der Waals surface area (Å²) in [4.78, 5) is 4.36. The van der Waals surface area contributed by atoms with E-state index in [1.165, 1.54) is 5.56 Å². The van der Waals surface area contributed by atoms with Gasteiger partial charge in [-0.05, 0) is 38.1 Å². The third kappa shape index (κ3) is 2.62. The fraction of sp³-hybridized carbons (Fsp3) is 0.263. The average Bonchev–Trinajstić information content (AvgIpc) is 3.15. The molecule has 122 valence electrons. The van der Waals surface area contributed by atoms with Crippen molar-refractivity contribution in [3.63, 3.8) is 0 Å². The Morgan fingerprint density at radius 1 is 1.38 bits per heavy atom. The van der Waals surface area contributed by atoms with Crippen molar-refractivity contribution >= 4 is 17.2 Å². The second kappa shape index (κ2) is 6.00. The van der Waals surface area contributed by atoms with E-state index in [0.29, 0.717) is 6.61 Å². The van der Waals surface area contributed by atoms with E-state index in [9.17, 15) is 0 Å². The van der Waals surface area contributed by atoms with Crippen molar-refractivity contribution in [2.45, 2.75) is 26.4 Å². The number of nitrogens with zero attached hydrogens (tertiary/aromatic N) is 3. The number of para-hydroxylation sites is 2. The lowest BCUT2D eigenvalue weighted by molar-refractivity contribution is 0.254. The molecule has 0 radical (unpaired) electrons. The van der Waals surface area contributed by atoms with Gasteiger partial charge in [-0.1, -0.05) is 12.1 Å². The van der Waals surface area contributed by atoms with E-state index in [1.54, 1.807) is 11.0 Å². The fourth-order valence-electron chi connectivity index (χ4n) is 3.04. The fourth-order valence-corrected chi connectivity index (χ4v) is 3.04. The maximum atomic E-state index is 5.96. The Balaban J connectivity index is 1.73. The van der Waals surface area contributed by atoms with Crippen LogP contribution in [0.2, 0.25) is 0 Å². The minimum absolute atomic E-state index is 0.179. The standard InChI is InChI=1S/C19H19N3O2/c1-3-23-16-9-14-8-13(2)24-19(14)15(10-16)11-21-22-12-20-17-6-4-5-7-18(17)22/h4-7,9-13H,3,8H2,1-2H3. The Labute approximate surface area is 140 Å². The molecule has 0 N–H and O–H groups in total. The Morgan fingerprint density at radius 3 is 3.12 bits per heavy atom. The van der Waals surface area contributed by atoms with E-state index in [1.807, 2.05) is 43.5 Å². The normalized spacial score (nSPS) is 16.5. The van der Waals surface area contributed by atoms with Crippen molar-refractivity contribution in [3.8, 4) is 11.5 Å². The summed E-state index contributed by atoms with van der Waals surface area (Å²) in [6.07, 6.45) is 4.61. The van der Waals surface area contributed by atoms with Gasteiger partial charge >= 0.3 is 0 Å². The monoisotopic (exact) mass is 321 g/mol. The van der Waals surface area contributed by atoms with Crippen LogP contribution in [0.4, 0.5) is 0 Å². The number of rotatable bonds is 4. The highest BCUT2D eigenvalue weighted by Gasteiger charge is 2.23. The van der Waals surface area contributed by atoms with Crippen molar-refractivity contribution in [1.82, 2.24) is 9.66 Å². The van der Waals surface area contributed by atoms with Gasteiger partial charge in [-0.3, -0.25) is 0 Å². The second-order valence-corrected chi connectivity index (χ2v) is 5.89. The number of ether oxygens (including phenoxy) is 2. The third-order valence-electron chi connectivity index (χ3n) is 4.06. The molecule has 1 aromatic heterocycles. The Bertz CT molecular complexity index is 914. The van der Waals surface area contributed by atoms with Gasteiger partial charge in [0.15, 0.2) is 0 Å². The van der Waals surface area contributed by atoms with Crippen LogP contribution >= 0.6 is 0 Å². The lowest BCUT2D eigenvalue weighted by Gasteiger charge is -2.09. The molecule has 2 heterocycles. The third-order valence-corrected chi connectivity index (χ3v) is 4.06. The molecule has 5 nitrogen and oxygen atoms in total. The molecule has 4 rings (SSSR count). The second-order valence-electron chi connectivity index (χ2n) is 5.89. The Kier molecular flexibility index (Phi) is 3.69. The van der Waals surface area contributed by atoms with E-state index < -0.39 is 0 Å². The first-order chi connectivity index (χ1) is 11.7. The summed E-state index contributed by atoms with van der Waals surface area (Å²) in [5.74, 6) is 1.75. The number of hydrogen-bond donors (Lipinski definition) is 0. The molecule has 1 aliphatic rings. The molecule has 5 heteroatoms. The molecule has 0 fully saturated rings. The van der Waals surface area contributed by atoms with Crippen LogP contribution in [-0.2, 0) is 6.42 Å². The van der Waals surface area contributed by atoms with E-state index in [0.717, 1.165) is 34.5 Å². The zero-order valence-electron chi connectivity index (χ0n) is 13.8. The van der Waals surface area contributed by atoms with E-state index in [4.69, 9.17) is 9.47 Å². The van der Waals surface area contributed by atoms with Gasteiger partial charge in [0.2, 0.25) is 0 Å². The molecular formula is C19H19N3O2. The summed E-state index contributed by atoms with van der Waals surface area (Å²) in [7, 11) is 0. The predicted octanol–water partition coefficient (Wildman–Crippen LogP) is 3.64. The van der Waals surface area contributed by atoms with Crippen LogP contribution < -0.4 is 9.47 Å². The van der Waals surface area contributed by atoms with Crippen LogP contribution in [0.1, 0.15) is 25.0 Å². The highest BCUT2D eigenvalue weighted by atomic mass is 16.5. The van der Waals surface area contributed by atoms with Crippen molar-refractivity contribution in [3.05, 3.63) is 53.9 Å². The predicted molar refractivity (Wildman–Crippen MR) is 94.1 cm³/mol. The van der Waals surface area contributed by atoms with E-state index >= 15 is 0 Å². The molecule has 24 heavy (non-hydrogen) atoms. The van der Waals surface area contributed by atoms with E-state index in [-0.39, 0.29) is 6.10 Å². The molecule has 0 amide bonds. The highest BCUT2D eigenvalue weighted by Crippen LogP contribution is 2.35. The molecule has 1 aliphatic heterocycles. The number of hydrogen-bond acceptors (Lipinski definition) is 4. The van der Waals surface area contributed by atoms with Crippen LogP contribution in [0.5, 0.6) is 11.5 Å². The van der Waals surface area contributed by atoms with Gasteiger partial charge < -0.3 is 9.47 Å². The minimum Gasteiger partial charge on any atom is -0.494 e. The molecule has 0 spiro atoms. The average molecular weight is 321 g/mol. The Morgan fingerprint density at radius 2 is 2.25 bits per heavy atom. The van der Waals surface area contributed by atoms with Gasteiger partial charge in [-0.2, -0.15) is 5.10 Å². The van der Waals surface area contributed by atoms with Crippen molar-refractivity contribution < 1.29 is 9.47 Å². The van der Waals surface area contributed by atoms with E-state index in [2.05, 4.69) is 23.1 Å². The van der Waals surface area contributed by atoms with Gasteiger partial charge in [0.05, 0.1) is 23.9 Å². The summed E-state index contributed by atoms with van der Waals surface area (Å²) in [5, 5.41) is 4.56. The summed E-state index contributed by atoms with van der Waals surface area (Å²) >= 11 is 0. The van der Waals surface area contributed by atoms with Crippen LogP contribution in [0.3, 0.4) is 0 Å². The lowest BCUT2D eigenvalue weighted by atomic mass is 10.1. The first kappa shape index (κ1) is 14.8. The Hall–Kier alpha value is -2.82. The molecule has 0 saturated heterocycles. The minimum atomic E-state index is 0.179. The van der Waals surface area contributed by atoms with Gasteiger partial charge in [-0.15, -0.1) is 0 Å². The quantitative estimate of drug-likeness (QED) is 0.689. The number of fused-ring (bicyclic) bond motifs is 2. The number of benzene rings is 2. The van der Waals surface area contributed by atoms with Gasteiger partial charge in [0, 0.05) is 17.5 Å². The topological polar surface area (TPSA) is 48.6 Å². The zero-order chi connectivity index (χ0) is 16.5. The first-order valence-corrected chi connectivity index (χ1v) is 8.17. The number of aromatic nitrogens is 2. The number of imidazole rings is 1. The molecule has 3 aromatic rings. The molecule has 0 saturated carbocycles. The lowest BCUT2D eigenvalue weighted by Crippen LogP contribution is -2.06. The van der Waals surface area contributed by atoms with Crippen molar-refractivity contribution in [2.24, 2.45) is 5.10 Å². The van der Waals surface area contributed by atoms with Crippen LogP contribution in [-0.4, -0.2) is 28.6 Å².